The van der Waals surface area contributed by atoms with E-state index in [0.29, 0.717) is 4.32 Å². The first kappa shape index (κ1) is 16.2. The molecule has 0 bridgehead atoms. The topological polar surface area (TPSA) is 21.7 Å². The van der Waals surface area contributed by atoms with E-state index >= 15 is 0 Å². The van der Waals surface area contributed by atoms with Crippen LogP contribution in [0.2, 0.25) is 0 Å². The number of rotatable bonds is 10. The molecule has 0 N–H and O–H groups in total. The van der Waals surface area contributed by atoms with Crippen molar-refractivity contribution < 1.29 is 9.47 Å². The first-order chi connectivity index (χ1) is 7.72. The third kappa shape index (κ3) is 9.39. The number of hydrogen-bond acceptors (Lipinski definition) is 3. The van der Waals surface area contributed by atoms with E-state index in [1.54, 1.807) is 0 Å². The van der Waals surface area contributed by atoms with Gasteiger partial charge in [0.2, 0.25) is 0 Å². The van der Waals surface area contributed by atoms with Gasteiger partial charge in [0.05, 0.1) is 0 Å². The van der Waals surface area contributed by atoms with Crippen LogP contribution in [0.4, 0.5) is 0 Å². The fourth-order valence-corrected chi connectivity index (χ4v) is 1.69. The molecule has 0 fully saturated rings. The summed E-state index contributed by atoms with van der Waals surface area (Å²) < 4.78 is 11.2. The van der Waals surface area contributed by atoms with Crippen LogP contribution in [0.1, 0.15) is 26.7 Å². The predicted molar refractivity (Wildman–Crippen MR) is 75.4 cm³/mol. The zero-order valence-electron chi connectivity index (χ0n) is 10.3. The van der Waals surface area contributed by atoms with E-state index in [1.165, 1.54) is 0 Å². The summed E-state index contributed by atoms with van der Waals surface area (Å²) in [5.74, 6) is 0. The van der Waals surface area contributed by atoms with Crippen LogP contribution in [0, 0.1) is 0 Å². The predicted octanol–water partition coefficient (Wildman–Crippen LogP) is 2.36. The van der Waals surface area contributed by atoms with Crippen LogP contribution in [-0.4, -0.2) is 48.7 Å². The van der Waals surface area contributed by atoms with Gasteiger partial charge in [0.1, 0.15) is 4.32 Å². The summed E-state index contributed by atoms with van der Waals surface area (Å²) in [4.78, 5) is 2.09. The van der Waals surface area contributed by atoms with Crippen molar-refractivity contribution in [3.63, 3.8) is 0 Å². The second-order valence-electron chi connectivity index (χ2n) is 3.37. The molecule has 0 spiro atoms. The van der Waals surface area contributed by atoms with Gasteiger partial charge in [-0.25, -0.2) is 0 Å². The fourth-order valence-electron chi connectivity index (χ4n) is 1.31. The Kier molecular flexibility index (Phi) is 11.8. The number of thiocarbonyl (C=S) groups is 1. The van der Waals surface area contributed by atoms with Crippen molar-refractivity contribution in [3.8, 4) is 0 Å². The van der Waals surface area contributed by atoms with E-state index in [2.05, 4.69) is 17.5 Å². The molecule has 0 aromatic heterocycles. The maximum absolute atomic E-state index is 5.29. The molecule has 16 heavy (non-hydrogen) atoms. The van der Waals surface area contributed by atoms with Gasteiger partial charge in [0.25, 0.3) is 0 Å². The van der Waals surface area contributed by atoms with E-state index in [0.717, 1.165) is 52.4 Å². The highest BCUT2D eigenvalue weighted by atomic mass is 32.1. The average Bonchev–Trinajstić information content (AvgIpc) is 2.26. The average molecular weight is 265 g/mol. The normalized spacial score (nSPS) is 10.4. The maximum atomic E-state index is 5.29. The third-order valence-electron chi connectivity index (χ3n) is 2.11. The highest BCUT2D eigenvalue weighted by Gasteiger charge is 2.05. The van der Waals surface area contributed by atoms with Crippen LogP contribution >= 0.6 is 24.8 Å². The fraction of sp³-hybridized carbons (Fsp3) is 0.909. The number of thiol groups is 1. The molecule has 0 unspecified atom stereocenters. The van der Waals surface area contributed by atoms with Crippen molar-refractivity contribution in [2.75, 3.05) is 39.5 Å². The van der Waals surface area contributed by atoms with Gasteiger partial charge in [0, 0.05) is 39.5 Å². The first-order valence-electron chi connectivity index (χ1n) is 5.85. The summed E-state index contributed by atoms with van der Waals surface area (Å²) in [7, 11) is 0. The molecule has 0 rings (SSSR count). The SMILES string of the molecule is CCOCCCN(CCCOCC)C(=S)S. The molecule has 5 heteroatoms. The molecule has 0 saturated carbocycles. The molecule has 0 radical (unpaired) electrons. The van der Waals surface area contributed by atoms with E-state index in [4.69, 9.17) is 21.7 Å². The summed E-state index contributed by atoms with van der Waals surface area (Å²) in [6.45, 7) is 8.95. The van der Waals surface area contributed by atoms with Crippen molar-refractivity contribution in [1.29, 1.82) is 0 Å². The van der Waals surface area contributed by atoms with Gasteiger partial charge >= 0.3 is 0 Å². The molecule has 0 saturated heterocycles. The Morgan fingerprint density at radius 3 is 1.81 bits per heavy atom. The van der Waals surface area contributed by atoms with Crippen LogP contribution in [0.3, 0.4) is 0 Å². The first-order valence-corrected chi connectivity index (χ1v) is 6.71. The summed E-state index contributed by atoms with van der Waals surface area (Å²) in [6, 6.07) is 0. The van der Waals surface area contributed by atoms with Crippen LogP contribution in [-0.2, 0) is 9.47 Å². The molecule has 0 amide bonds. The molecule has 3 nitrogen and oxygen atoms in total. The van der Waals surface area contributed by atoms with Crippen LogP contribution in [0.5, 0.6) is 0 Å². The largest absolute Gasteiger partial charge is 0.382 e. The lowest BCUT2D eigenvalue weighted by Gasteiger charge is -2.22. The van der Waals surface area contributed by atoms with E-state index in [1.807, 2.05) is 13.8 Å². The van der Waals surface area contributed by atoms with Crippen LogP contribution in [0.25, 0.3) is 0 Å². The minimum Gasteiger partial charge on any atom is -0.382 e. The van der Waals surface area contributed by atoms with Crippen molar-refractivity contribution in [3.05, 3.63) is 0 Å². The zero-order chi connectivity index (χ0) is 12.2. The van der Waals surface area contributed by atoms with E-state index in [9.17, 15) is 0 Å². The molecule has 0 aliphatic heterocycles. The molecule has 0 aromatic carbocycles. The van der Waals surface area contributed by atoms with Crippen LogP contribution in [0.15, 0.2) is 0 Å². The Morgan fingerprint density at radius 1 is 1.06 bits per heavy atom. The molecule has 0 aliphatic rings. The Hall–Kier alpha value is 0.160. The summed E-state index contributed by atoms with van der Waals surface area (Å²) in [5, 5.41) is 0. The van der Waals surface area contributed by atoms with Gasteiger partial charge in [-0.05, 0) is 26.7 Å². The lowest BCUT2D eigenvalue weighted by atomic mass is 10.3. The van der Waals surface area contributed by atoms with E-state index in [-0.39, 0.29) is 0 Å². The molecular weight excluding hydrogens is 242 g/mol. The lowest BCUT2D eigenvalue weighted by Crippen LogP contribution is -2.29. The highest BCUT2D eigenvalue weighted by Crippen LogP contribution is 2.01. The minimum atomic E-state index is 0.660. The molecular formula is C11H23NO2S2. The van der Waals surface area contributed by atoms with Crippen molar-refractivity contribution in [2.24, 2.45) is 0 Å². The second-order valence-corrected chi connectivity index (χ2v) is 4.48. The minimum absolute atomic E-state index is 0.660. The highest BCUT2D eigenvalue weighted by molar-refractivity contribution is 8.10. The van der Waals surface area contributed by atoms with Gasteiger partial charge in [-0.3, -0.25) is 0 Å². The standard InChI is InChI=1S/C11H23NO2S2/c1-3-13-9-5-7-12(11(15)16)8-6-10-14-4-2/h3-10H2,1-2H3,(H,15,16). The Morgan fingerprint density at radius 2 is 1.50 bits per heavy atom. The van der Waals surface area contributed by atoms with Crippen molar-refractivity contribution >= 4 is 29.2 Å². The maximum Gasteiger partial charge on any atom is 0.133 e. The Labute approximate surface area is 110 Å². The van der Waals surface area contributed by atoms with E-state index < -0.39 is 0 Å². The lowest BCUT2D eigenvalue weighted by molar-refractivity contribution is 0.131. The number of ether oxygens (including phenoxy) is 2. The zero-order valence-corrected chi connectivity index (χ0v) is 12.0. The molecule has 0 heterocycles. The van der Waals surface area contributed by atoms with Gasteiger partial charge in [0.15, 0.2) is 0 Å². The van der Waals surface area contributed by atoms with Gasteiger partial charge in [-0.1, -0.05) is 12.2 Å². The van der Waals surface area contributed by atoms with Crippen LogP contribution < -0.4 is 0 Å². The summed E-state index contributed by atoms with van der Waals surface area (Å²) >= 11 is 9.30. The smallest absolute Gasteiger partial charge is 0.133 e. The van der Waals surface area contributed by atoms with Crippen molar-refractivity contribution in [1.82, 2.24) is 4.90 Å². The van der Waals surface area contributed by atoms with Gasteiger partial charge < -0.3 is 14.4 Å². The second kappa shape index (κ2) is 11.6. The Balaban J connectivity index is 3.59. The van der Waals surface area contributed by atoms with Gasteiger partial charge in [-0.15, -0.1) is 12.6 Å². The molecule has 0 aromatic rings. The van der Waals surface area contributed by atoms with Gasteiger partial charge in [-0.2, -0.15) is 0 Å². The molecule has 0 atom stereocenters. The third-order valence-corrected chi connectivity index (χ3v) is 2.65. The summed E-state index contributed by atoms with van der Waals surface area (Å²) in [6.07, 6.45) is 1.98. The Bertz CT molecular complexity index is 167. The molecule has 96 valence electrons. The number of hydrogen-bond donors (Lipinski definition) is 1. The summed E-state index contributed by atoms with van der Waals surface area (Å²) in [5.41, 5.74) is 0. The number of nitrogens with zero attached hydrogens (tertiary/aromatic N) is 1. The monoisotopic (exact) mass is 265 g/mol. The molecule has 0 aliphatic carbocycles. The van der Waals surface area contributed by atoms with Crippen molar-refractivity contribution in [2.45, 2.75) is 26.7 Å². The quantitative estimate of drug-likeness (QED) is 0.372.